The third-order valence-electron chi connectivity index (χ3n) is 3.60. The van der Waals surface area contributed by atoms with Crippen molar-refractivity contribution in [1.82, 2.24) is 4.31 Å². The molecule has 5 nitrogen and oxygen atoms in total. The molecule has 0 spiro atoms. The molecule has 0 radical (unpaired) electrons. The lowest BCUT2D eigenvalue weighted by molar-refractivity contribution is 0.102. The fraction of sp³-hybridized carbons (Fsp3) is 0.235. The van der Waals surface area contributed by atoms with Gasteiger partial charge in [0.05, 0.1) is 4.90 Å². The standard InChI is InChI=1S/C17H19FN2O3S/c1-12(2)20(3)24(22,23)16-9-7-13(8-10-16)17(21)19-15-6-4-5-14(18)11-15/h4-12H,1-3H3,(H,19,21). The van der Waals surface area contributed by atoms with Crippen molar-refractivity contribution in [3.05, 3.63) is 59.9 Å². The van der Waals surface area contributed by atoms with Gasteiger partial charge in [0, 0.05) is 24.3 Å². The van der Waals surface area contributed by atoms with Crippen LogP contribution < -0.4 is 5.32 Å². The molecule has 0 saturated carbocycles. The number of carbonyl (C=O) groups is 1. The van der Waals surface area contributed by atoms with Gasteiger partial charge in [0.15, 0.2) is 0 Å². The quantitative estimate of drug-likeness (QED) is 0.901. The Balaban J connectivity index is 2.19. The maximum absolute atomic E-state index is 13.1. The molecule has 0 aliphatic heterocycles. The Hall–Kier alpha value is -2.25. The third kappa shape index (κ3) is 3.98. The van der Waals surface area contributed by atoms with E-state index < -0.39 is 21.7 Å². The number of halogens is 1. The minimum absolute atomic E-state index is 0.112. The molecule has 24 heavy (non-hydrogen) atoms. The van der Waals surface area contributed by atoms with E-state index in [1.165, 1.54) is 53.8 Å². The van der Waals surface area contributed by atoms with Crippen LogP contribution in [0.25, 0.3) is 0 Å². The van der Waals surface area contributed by atoms with Crippen molar-refractivity contribution in [2.45, 2.75) is 24.8 Å². The van der Waals surface area contributed by atoms with Crippen molar-refractivity contribution < 1.29 is 17.6 Å². The predicted octanol–water partition coefficient (Wildman–Crippen LogP) is 3.11. The summed E-state index contributed by atoms with van der Waals surface area (Å²) in [5.41, 5.74) is 0.613. The van der Waals surface area contributed by atoms with Gasteiger partial charge >= 0.3 is 0 Å². The van der Waals surface area contributed by atoms with E-state index in [4.69, 9.17) is 0 Å². The van der Waals surface area contributed by atoms with E-state index in [1.54, 1.807) is 19.9 Å². The number of benzene rings is 2. The molecule has 0 heterocycles. The van der Waals surface area contributed by atoms with Crippen molar-refractivity contribution in [1.29, 1.82) is 0 Å². The van der Waals surface area contributed by atoms with Gasteiger partial charge in [-0.1, -0.05) is 6.07 Å². The van der Waals surface area contributed by atoms with Gasteiger partial charge in [-0.2, -0.15) is 4.31 Å². The van der Waals surface area contributed by atoms with Gasteiger partial charge in [0.1, 0.15) is 5.82 Å². The van der Waals surface area contributed by atoms with Crippen LogP contribution in [0, 0.1) is 5.82 Å². The van der Waals surface area contributed by atoms with E-state index in [9.17, 15) is 17.6 Å². The fourth-order valence-corrected chi connectivity index (χ4v) is 3.36. The topological polar surface area (TPSA) is 66.5 Å². The van der Waals surface area contributed by atoms with Gasteiger partial charge in [0.2, 0.25) is 10.0 Å². The summed E-state index contributed by atoms with van der Waals surface area (Å²) < 4.78 is 39.1. The van der Waals surface area contributed by atoms with Gasteiger partial charge < -0.3 is 5.32 Å². The molecule has 0 aliphatic rings. The predicted molar refractivity (Wildman–Crippen MR) is 90.9 cm³/mol. The summed E-state index contributed by atoms with van der Waals surface area (Å²) >= 11 is 0. The van der Waals surface area contributed by atoms with Gasteiger partial charge in [0.25, 0.3) is 5.91 Å². The first-order chi connectivity index (χ1) is 11.2. The van der Waals surface area contributed by atoms with Gasteiger partial charge in [-0.05, 0) is 56.3 Å². The highest BCUT2D eigenvalue weighted by atomic mass is 32.2. The minimum atomic E-state index is -3.59. The summed E-state index contributed by atoms with van der Waals surface area (Å²) in [6, 6.07) is 11.0. The Morgan fingerprint density at radius 3 is 2.29 bits per heavy atom. The van der Waals surface area contributed by atoms with E-state index >= 15 is 0 Å². The molecule has 0 atom stereocenters. The van der Waals surface area contributed by atoms with Crippen LogP contribution in [0.2, 0.25) is 0 Å². The summed E-state index contributed by atoms with van der Waals surface area (Å²) in [7, 11) is -2.09. The van der Waals surface area contributed by atoms with Crippen molar-refractivity contribution in [2.75, 3.05) is 12.4 Å². The van der Waals surface area contributed by atoms with Crippen LogP contribution in [0.5, 0.6) is 0 Å². The summed E-state index contributed by atoms with van der Waals surface area (Å²) in [6.07, 6.45) is 0. The molecular formula is C17H19FN2O3S. The molecule has 0 aromatic heterocycles. The fourth-order valence-electron chi connectivity index (χ4n) is 1.99. The van der Waals surface area contributed by atoms with Gasteiger partial charge in [-0.3, -0.25) is 4.79 Å². The Bertz CT molecular complexity index is 833. The summed E-state index contributed by atoms with van der Waals surface area (Å²) in [6.45, 7) is 3.55. The number of hydrogen-bond donors (Lipinski definition) is 1. The zero-order chi connectivity index (χ0) is 17.9. The second kappa shape index (κ2) is 7.11. The van der Waals surface area contributed by atoms with E-state index in [-0.39, 0.29) is 16.5 Å². The van der Waals surface area contributed by atoms with Crippen LogP contribution in [-0.2, 0) is 10.0 Å². The molecule has 0 aliphatic carbocycles. The van der Waals surface area contributed by atoms with E-state index in [0.29, 0.717) is 5.69 Å². The molecule has 0 unspecified atom stereocenters. The Labute approximate surface area is 141 Å². The maximum Gasteiger partial charge on any atom is 0.255 e. The first kappa shape index (κ1) is 18.1. The Kier molecular flexibility index (Phi) is 5.36. The number of amides is 1. The summed E-state index contributed by atoms with van der Waals surface area (Å²) in [5.74, 6) is -0.896. The summed E-state index contributed by atoms with van der Waals surface area (Å²) in [5, 5.41) is 2.56. The molecule has 0 fully saturated rings. The second-order valence-corrected chi connectivity index (χ2v) is 7.60. The van der Waals surface area contributed by atoms with E-state index in [2.05, 4.69) is 5.32 Å². The van der Waals surface area contributed by atoms with Gasteiger partial charge in [-0.15, -0.1) is 0 Å². The van der Waals surface area contributed by atoms with Crippen LogP contribution >= 0.6 is 0 Å². The molecule has 2 aromatic carbocycles. The largest absolute Gasteiger partial charge is 0.322 e. The zero-order valence-corrected chi connectivity index (χ0v) is 14.5. The monoisotopic (exact) mass is 350 g/mol. The molecule has 1 amide bonds. The van der Waals surface area contributed by atoms with Crippen LogP contribution in [0.3, 0.4) is 0 Å². The number of nitrogens with one attached hydrogen (secondary N) is 1. The second-order valence-electron chi connectivity index (χ2n) is 5.60. The molecule has 128 valence electrons. The number of carbonyl (C=O) groups excluding carboxylic acids is 1. The number of anilines is 1. The van der Waals surface area contributed by atoms with E-state index in [0.717, 1.165) is 0 Å². The SMILES string of the molecule is CC(C)N(C)S(=O)(=O)c1ccc(C(=O)Nc2cccc(F)c2)cc1. The lowest BCUT2D eigenvalue weighted by Crippen LogP contribution is -2.33. The molecule has 0 bridgehead atoms. The molecule has 1 N–H and O–H groups in total. The highest BCUT2D eigenvalue weighted by Crippen LogP contribution is 2.18. The smallest absolute Gasteiger partial charge is 0.255 e. The molecule has 2 aromatic rings. The molecule has 7 heteroatoms. The average Bonchev–Trinajstić information content (AvgIpc) is 2.54. The lowest BCUT2D eigenvalue weighted by Gasteiger charge is -2.21. The van der Waals surface area contributed by atoms with Crippen LogP contribution in [-0.4, -0.2) is 31.7 Å². The normalized spacial score (nSPS) is 11.8. The molecule has 0 saturated heterocycles. The van der Waals surface area contributed by atoms with E-state index in [1.807, 2.05) is 0 Å². The number of hydrogen-bond acceptors (Lipinski definition) is 3. The molecule has 2 rings (SSSR count). The summed E-state index contributed by atoms with van der Waals surface area (Å²) in [4.78, 5) is 12.2. The number of sulfonamides is 1. The Morgan fingerprint density at radius 1 is 1.12 bits per heavy atom. The zero-order valence-electron chi connectivity index (χ0n) is 13.7. The lowest BCUT2D eigenvalue weighted by atomic mass is 10.2. The van der Waals surface area contributed by atoms with Crippen molar-refractivity contribution >= 4 is 21.6 Å². The van der Waals surface area contributed by atoms with Crippen molar-refractivity contribution in [3.8, 4) is 0 Å². The first-order valence-electron chi connectivity index (χ1n) is 7.37. The highest BCUT2D eigenvalue weighted by molar-refractivity contribution is 7.89. The van der Waals surface area contributed by atoms with Gasteiger partial charge in [-0.25, -0.2) is 12.8 Å². The minimum Gasteiger partial charge on any atom is -0.322 e. The number of nitrogens with zero attached hydrogens (tertiary/aromatic N) is 1. The van der Waals surface area contributed by atoms with Crippen LogP contribution in [0.1, 0.15) is 24.2 Å². The molecular weight excluding hydrogens is 331 g/mol. The first-order valence-corrected chi connectivity index (χ1v) is 8.81. The third-order valence-corrected chi connectivity index (χ3v) is 5.65. The Morgan fingerprint density at radius 2 is 1.75 bits per heavy atom. The maximum atomic E-state index is 13.1. The van der Waals surface area contributed by atoms with Crippen LogP contribution in [0.4, 0.5) is 10.1 Å². The van der Waals surface area contributed by atoms with Crippen molar-refractivity contribution in [2.24, 2.45) is 0 Å². The van der Waals surface area contributed by atoms with Crippen molar-refractivity contribution in [3.63, 3.8) is 0 Å². The van der Waals surface area contributed by atoms with Crippen LogP contribution in [0.15, 0.2) is 53.4 Å². The average molecular weight is 350 g/mol. The number of rotatable bonds is 5. The highest BCUT2D eigenvalue weighted by Gasteiger charge is 2.23.